The number of anilines is 1. The second-order valence-electron chi connectivity index (χ2n) is 7.31. The minimum atomic E-state index is -0.823. The molecule has 0 bridgehead atoms. The van der Waals surface area contributed by atoms with Crippen LogP contribution in [0.1, 0.15) is 35.7 Å². The molecule has 0 amide bonds. The van der Waals surface area contributed by atoms with Crippen molar-refractivity contribution in [1.29, 1.82) is 0 Å². The van der Waals surface area contributed by atoms with E-state index < -0.39 is 23.2 Å². The molecule has 0 saturated carbocycles. The fourth-order valence-electron chi connectivity index (χ4n) is 3.75. The zero-order valence-electron chi connectivity index (χ0n) is 15.4. The molecule has 144 valence electrons. The Morgan fingerprint density at radius 2 is 1.75 bits per heavy atom. The molecule has 1 aliphatic heterocycles. The topological polar surface area (TPSA) is 33.2 Å². The van der Waals surface area contributed by atoms with Gasteiger partial charge in [0.25, 0.3) is 0 Å². The highest BCUT2D eigenvalue weighted by Gasteiger charge is 2.25. The first kappa shape index (κ1) is 18.5. The van der Waals surface area contributed by atoms with Crippen molar-refractivity contribution >= 4 is 22.4 Å². The van der Waals surface area contributed by atoms with Crippen LogP contribution in [0.3, 0.4) is 0 Å². The molecule has 1 aromatic heterocycles. The van der Waals surface area contributed by atoms with E-state index >= 15 is 0 Å². The van der Waals surface area contributed by atoms with Gasteiger partial charge in [0.05, 0.1) is 11.3 Å². The molecule has 1 aliphatic rings. The highest BCUT2D eigenvalue weighted by atomic mass is 19.1. The normalized spacial score (nSPS) is 15.2. The van der Waals surface area contributed by atoms with Crippen LogP contribution in [0.5, 0.6) is 0 Å². The van der Waals surface area contributed by atoms with Gasteiger partial charge in [-0.1, -0.05) is 19.1 Å². The average molecular weight is 384 g/mol. The zero-order valence-corrected chi connectivity index (χ0v) is 15.4. The van der Waals surface area contributed by atoms with Crippen LogP contribution in [-0.4, -0.2) is 23.9 Å². The smallest absolute Gasteiger partial charge is 0.196 e. The van der Waals surface area contributed by atoms with Gasteiger partial charge >= 0.3 is 0 Å². The summed E-state index contributed by atoms with van der Waals surface area (Å²) in [5.74, 6) is -2.09. The SMILES string of the molecule is CC1CCN(c2c(C(=O)c3cc(F)cc(F)c3)cnc3c(F)cccc23)CC1. The average Bonchev–Trinajstić information content (AvgIpc) is 2.67. The van der Waals surface area contributed by atoms with Gasteiger partial charge in [0.1, 0.15) is 23.0 Å². The Labute approximate surface area is 160 Å². The summed E-state index contributed by atoms with van der Waals surface area (Å²) in [5, 5.41) is 0.525. The maximum Gasteiger partial charge on any atom is 0.196 e. The van der Waals surface area contributed by atoms with Crippen LogP contribution in [0, 0.1) is 23.4 Å². The first-order chi connectivity index (χ1) is 13.4. The number of ketones is 1. The Morgan fingerprint density at radius 3 is 2.43 bits per heavy atom. The zero-order chi connectivity index (χ0) is 19.8. The summed E-state index contributed by atoms with van der Waals surface area (Å²) >= 11 is 0. The third-order valence-electron chi connectivity index (χ3n) is 5.29. The first-order valence-electron chi connectivity index (χ1n) is 9.27. The van der Waals surface area contributed by atoms with Crippen molar-refractivity contribution in [3.05, 3.63) is 71.2 Å². The van der Waals surface area contributed by atoms with Gasteiger partial charge in [-0.05, 0) is 37.0 Å². The summed E-state index contributed by atoms with van der Waals surface area (Å²) in [7, 11) is 0. The molecule has 1 saturated heterocycles. The van der Waals surface area contributed by atoms with Crippen LogP contribution in [-0.2, 0) is 0 Å². The standard InChI is InChI=1S/C22H19F3N2O/c1-13-5-7-27(8-6-13)21-17-3-2-4-19(25)20(17)26-12-18(21)22(28)14-9-15(23)11-16(24)10-14/h2-4,9-13H,5-8H2,1H3. The number of rotatable bonds is 3. The number of nitrogens with zero attached hydrogens (tertiary/aromatic N) is 2. The van der Waals surface area contributed by atoms with Gasteiger partial charge in [-0.3, -0.25) is 9.78 Å². The quantitative estimate of drug-likeness (QED) is 0.588. The number of carbonyl (C=O) groups excluding carboxylic acids is 1. The van der Waals surface area contributed by atoms with Crippen LogP contribution < -0.4 is 4.90 Å². The van der Waals surface area contributed by atoms with E-state index in [1.807, 2.05) is 4.90 Å². The van der Waals surface area contributed by atoms with Crippen LogP contribution in [0.25, 0.3) is 10.9 Å². The van der Waals surface area contributed by atoms with Crippen LogP contribution in [0.2, 0.25) is 0 Å². The van der Waals surface area contributed by atoms with Gasteiger partial charge in [-0.2, -0.15) is 0 Å². The number of hydrogen-bond donors (Lipinski definition) is 0. The minimum Gasteiger partial charge on any atom is -0.370 e. The number of piperidine rings is 1. The highest BCUT2D eigenvalue weighted by Crippen LogP contribution is 2.34. The van der Waals surface area contributed by atoms with E-state index in [4.69, 9.17) is 0 Å². The molecule has 0 spiro atoms. The molecule has 0 radical (unpaired) electrons. The monoisotopic (exact) mass is 384 g/mol. The molecule has 0 atom stereocenters. The van der Waals surface area contributed by atoms with Crippen molar-refractivity contribution in [2.24, 2.45) is 5.92 Å². The lowest BCUT2D eigenvalue weighted by atomic mass is 9.95. The number of benzene rings is 2. The fraction of sp³-hybridized carbons (Fsp3) is 0.273. The van der Waals surface area contributed by atoms with Crippen molar-refractivity contribution in [1.82, 2.24) is 4.98 Å². The van der Waals surface area contributed by atoms with E-state index in [9.17, 15) is 18.0 Å². The van der Waals surface area contributed by atoms with Crippen molar-refractivity contribution in [2.75, 3.05) is 18.0 Å². The summed E-state index contributed by atoms with van der Waals surface area (Å²) < 4.78 is 41.6. The molecule has 0 unspecified atom stereocenters. The van der Waals surface area contributed by atoms with Crippen molar-refractivity contribution < 1.29 is 18.0 Å². The molecular formula is C22H19F3N2O. The number of hydrogen-bond acceptors (Lipinski definition) is 3. The molecule has 1 fully saturated rings. The van der Waals surface area contributed by atoms with E-state index in [2.05, 4.69) is 11.9 Å². The Kier molecular flexibility index (Phi) is 4.79. The van der Waals surface area contributed by atoms with E-state index in [-0.39, 0.29) is 16.6 Å². The molecule has 2 aromatic carbocycles. The summed E-state index contributed by atoms with van der Waals surface area (Å²) in [5.41, 5.74) is 0.878. The van der Waals surface area contributed by atoms with E-state index in [0.717, 1.165) is 31.0 Å². The van der Waals surface area contributed by atoms with Crippen LogP contribution >= 0.6 is 0 Å². The van der Waals surface area contributed by atoms with E-state index in [1.54, 1.807) is 12.1 Å². The molecule has 6 heteroatoms. The fourth-order valence-corrected chi connectivity index (χ4v) is 3.75. The van der Waals surface area contributed by atoms with Crippen molar-refractivity contribution in [2.45, 2.75) is 19.8 Å². The second kappa shape index (κ2) is 7.26. The summed E-state index contributed by atoms with van der Waals surface area (Å²) in [6, 6.07) is 7.35. The molecule has 0 N–H and O–H groups in total. The van der Waals surface area contributed by atoms with Crippen molar-refractivity contribution in [3.8, 4) is 0 Å². The largest absolute Gasteiger partial charge is 0.370 e. The van der Waals surface area contributed by atoms with Gasteiger partial charge in [0.2, 0.25) is 0 Å². The Hall–Kier alpha value is -2.89. The van der Waals surface area contributed by atoms with Gasteiger partial charge in [0.15, 0.2) is 5.78 Å². The van der Waals surface area contributed by atoms with Gasteiger partial charge < -0.3 is 4.90 Å². The lowest BCUT2D eigenvalue weighted by molar-refractivity contribution is 0.103. The Bertz CT molecular complexity index is 1040. The van der Waals surface area contributed by atoms with Crippen LogP contribution in [0.15, 0.2) is 42.6 Å². The Morgan fingerprint density at radius 1 is 1.07 bits per heavy atom. The molecule has 3 aromatic rings. The molecule has 4 rings (SSSR count). The molecular weight excluding hydrogens is 365 g/mol. The molecule has 2 heterocycles. The number of carbonyl (C=O) groups is 1. The number of aromatic nitrogens is 1. The van der Waals surface area contributed by atoms with Gasteiger partial charge in [-0.25, -0.2) is 13.2 Å². The van der Waals surface area contributed by atoms with Gasteiger partial charge in [-0.15, -0.1) is 0 Å². The Balaban J connectivity index is 1.90. The second-order valence-corrected chi connectivity index (χ2v) is 7.31. The summed E-state index contributed by atoms with van der Waals surface area (Å²) in [6.45, 7) is 3.60. The summed E-state index contributed by atoms with van der Waals surface area (Å²) in [6.07, 6.45) is 3.20. The third-order valence-corrected chi connectivity index (χ3v) is 5.29. The number of halogens is 3. The predicted octanol–water partition coefficient (Wildman–Crippen LogP) is 5.12. The summed E-state index contributed by atoms with van der Waals surface area (Å²) in [4.78, 5) is 19.3. The van der Waals surface area contributed by atoms with Crippen LogP contribution in [0.4, 0.5) is 18.9 Å². The molecule has 0 aliphatic carbocycles. The third kappa shape index (κ3) is 3.35. The van der Waals surface area contributed by atoms with Gasteiger partial charge in [0, 0.05) is 36.3 Å². The van der Waals surface area contributed by atoms with E-state index in [1.165, 1.54) is 12.3 Å². The highest BCUT2D eigenvalue weighted by molar-refractivity contribution is 6.16. The molecule has 3 nitrogen and oxygen atoms in total. The lowest BCUT2D eigenvalue weighted by Gasteiger charge is -2.34. The molecule has 28 heavy (non-hydrogen) atoms. The predicted molar refractivity (Wildman–Crippen MR) is 102 cm³/mol. The lowest BCUT2D eigenvalue weighted by Crippen LogP contribution is -2.34. The first-order valence-corrected chi connectivity index (χ1v) is 9.27. The number of fused-ring (bicyclic) bond motifs is 1. The van der Waals surface area contributed by atoms with Crippen molar-refractivity contribution in [3.63, 3.8) is 0 Å². The maximum atomic E-state index is 14.3. The number of pyridine rings is 1. The maximum absolute atomic E-state index is 14.3. The minimum absolute atomic E-state index is 0.0957. The van der Waals surface area contributed by atoms with E-state index in [0.29, 0.717) is 30.1 Å². The number of para-hydroxylation sites is 1.